The largest absolute Gasteiger partial charge is 0.377 e. The number of hydrogen-bond acceptors (Lipinski definition) is 3. The molecule has 2 aromatic rings. The van der Waals surface area contributed by atoms with Crippen molar-refractivity contribution in [3.63, 3.8) is 0 Å². The third kappa shape index (κ3) is 2.87. The summed E-state index contributed by atoms with van der Waals surface area (Å²) < 4.78 is 0. The summed E-state index contributed by atoms with van der Waals surface area (Å²) in [6, 6.07) is 17.5. The van der Waals surface area contributed by atoms with Gasteiger partial charge in [0.2, 0.25) is 5.91 Å². The van der Waals surface area contributed by atoms with Crippen molar-refractivity contribution in [1.82, 2.24) is 0 Å². The van der Waals surface area contributed by atoms with E-state index >= 15 is 0 Å². The van der Waals surface area contributed by atoms with E-state index in [2.05, 4.69) is 16.7 Å². The SMILES string of the molecule is N#Cc1ccc2c(c1)NC(c1ccccc1)CCC(=O)N2. The summed E-state index contributed by atoms with van der Waals surface area (Å²) in [6.07, 6.45) is 1.18. The molecule has 0 spiro atoms. The Balaban J connectivity index is 1.99. The normalized spacial score (nSPS) is 17.5. The van der Waals surface area contributed by atoms with Crippen LogP contribution in [0.4, 0.5) is 11.4 Å². The molecule has 0 aromatic heterocycles. The number of carbonyl (C=O) groups excluding carboxylic acids is 1. The van der Waals surface area contributed by atoms with E-state index in [-0.39, 0.29) is 11.9 Å². The minimum absolute atomic E-state index is 0.00314. The van der Waals surface area contributed by atoms with Gasteiger partial charge in [-0.3, -0.25) is 4.79 Å². The maximum atomic E-state index is 11.9. The molecule has 3 rings (SSSR count). The van der Waals surface area contributed by atoms with E-state index in [1.165, 1.54) is 0 Å². The molecular formula is C17H15N3O. The zero-order valence-electron chi connectivity index (χ0n) is 11.5. The maximum Gasteiger partial charge on any atom is 0.224 e. The molecule has 1 unspecified atom stereocenters. The number of anilines is 2. The molecule has 1 heterocycles. The average molecular weight is 277 g/mol. The number of hydrogen-bond donors (Lipinski definition) is 2. The van der Waals surface area contributed by atoms with Crippen LogP contribution in [-0.4, -0.2) is 5.91 Å². The molecule has 21 heavy (non-hydrogen) atoms. The highest BCUT2D eigenvalue weighted by Gasteiger charge is 2.19. The third-order valence-corrected chi connectivity index (χ3v) is 3.61. The van der Waals surface area contributed by atoms with Crippen LogP contribution in [0.3, 0.4) is 0 Å². The molecule has 1 aliphatic rings. The molecule has 1 aliphatic heterocycles. The second-order valence-corrected chi connectivity index (χ2v) is 5.07. The van der Waals surface area contributed by atoms with Gasteiger partial charge in [-0.15, -0.1) is 0 Å². The standard InChI is InChI=1S/C17H15N3O/c18-11-12-6-7-15-16(10-12)19-14(8-9-17(21)20-15)13-4-2-1-3-5-13/h1-7,10,14,19H,8-9H2,(H,20,21). The zero-order valence-corrected chi connectivity index (χ0v) is 11.5. The quantitative estimate of drug-likeness (QED) is 0.839. The molecule has 0 bridgehead atoms. The van der Waals surface area contributed by atoms with Crippen LogP contribution in [0.25, 0.3) is 0 Å². The number of nitriles is 1. The second-order valence-electron chi connectivity index (χ2n) is 5.07. The number of amides is 1. The summed E-state index contributed by atoms with van der Waals surface area (Å²) in [5.74, 6) is 0.00314. The van der Waals surface area contributed by atoms with Crippen molar-refractivity contribution >= 4 is 17.3 Å². The van der Waals surface area contributed by atoms with E-state index in [0.29, 0.717) is 18.4 Å². The number of benzene rings is 2. The predicted octanol–water partition coefficient (Wildman–Crippen LogP) is 3.44. The van der Waals surface area contributed by atoms with Crippen LogP contribution in [0.5, 0.6) is 0 Å². The molecule has 1 amide bonds. The van der Waals surface area contributed by atoms with Crippen LogP contribution >= 0.6 is 0 Å². The fourth-order valence-electron chi connectivity index (χ4n) is 2.53. The first-order chi connectivity index (χ1) is 10.3. The van der Waals surface area contributed by atoms with Crippen molar-refractivity contribution in [1.29, 1.82) is 5.26 Å². The molecule has 0 saturated carbocycles. The van der Waals surface area contributed by atoms with Gasteiger partial charge < -0.3 is 10.6 Å². The zero-order chi connectivity index (χ0) is 14.7. The van der Waals surface area contributed by atoms with Gasteiger partial charge in [-0.05, 0) is 30.2 Å². The summed E-state index contributed by atoms with van der Waals surface area (Å²) in [4.78, 5) is 11.9. The molecule has 0 saturated heterocycles. The third-order valence-electron chi connectivity index (χ3n) is 3.61. The Morgan fingerprint density at radius 3 is 2.67 bits per heavy atom. The van der Waals surface area contributed by atoms with E-state index in [4.69, 9.17) is 5.26 Å². The van der Waals surface area contributed by atoms with Crippen molar-refractivity contribution in [2.45, 2.75) is 18.9 Å². The first-order valence-corrected chi connectivity index (χ1v) is 6.92. The monoisotopic (exact) mass is 277 g/mol. The van der Waals surface area contributed by atoms with Crippen molar-refractivity contribution in [3.8, 4) is 6.07 Å². The van der Waals surface area contributed by atoms with E-state index in [1.54, 1.807) is 18.2 Å². The number of carbonyl (C=O) groups is 1. The van der Waals surface area contributed by atoms with E-state index in [0.717, 1.165) is 16.9 Å². The van der Waals surface area contributed by atoms with Gasteiger partial charge in [0.15, 0.2) is 0 Å². The van der Waals surface area contributed by atoms with E-state index in [9.17, 15) is 4.79 Å². The lowest BCUT2D eigenvalue weighted by Gasteiger charge is -2.25. The van der Waals surface area contributed by atoms with E-state index in [1.807, 2.05) is 30.3 Å². The smallest absolute Gasteiger partial charge is 0.224 e. The summed E-state index contributed by atoms with van der Waals surface area (Å²) in [5.41, 5.74) is 3.22. The highest BCUT2D eigenvalue weighted by Crippen LogP contribution is 2.32. The van der Waals surface area contributed by atoms with Gasteiger partial charge >= 0.3 is 0 Å². The first kappa shape index (κ1) is 13.2. The van der Waals surface area contributed by atoms with Crippen LogP contribution in [0.1, 0.15) is 30.0 Å². The number of nitrogens with one attached hydrogen (secondary N) is 2. The van der Waals surface area contributed by atoms with Gasteiger partial charge in [0, 0.05) is 6.42 Å². The van der Waals surface area contributed by atoms with Crippen molar-refractivity contribution in [2.75, 3.05) is 10.6 Å². The molecule has 1 atom stereocenters. The Hall–Kier alpha value is -2.80. The van der Waals surface area contributed by atoms with Crippen LogP contribution in [0.15, 0.2) is 48.5 Å². The van der Waals surface area contributed by atoms with Gasteiger partial charge in [0.05, 0.1) is 29.0 Å². The van der Waals surface area contributed by atoms with Crippen LogP contribution in [-0.2, 0) is 4.79 Å². The summed E-state index contributed by atoms with van der Waals surface area (Å²) in [7, 11) is 0. The number of fused-ring (bicyclic) bond motifs is 1. The summed E-state index contributed by atoms with van der Waals surface area (Å²) in [6.45, 7) is 0. The van der Waals surface area contributed by atoms with Gasteiger partial charge in [-0.1, -0.05) is 30.3 Å². The Labute approximate surface area is 123 Å². The van der Waals surface area contributed by atoms with Crippen molar-refractivity contribution in [3.05, 3.63) is 59.7 Å². The topological polar surface area (TPSA) is 64.9 Å². The molecule has 0 fully saturated rings. The first-order valence-electron chi connectivity index (χ1n) is 6.92. The van der Waals surface area contributed by atoms with Gasteiger partial charge in [-0.25, -0.2) is 0 Å². The molecule has 0 aliphatic carbocycles. The lowest BCUT2D eigenvalue weighted by atomic mass is 9.99. The Kier molecular flexibility index (Phi) is 3.57. The van der Waals surface area contributed by atoms with Crippen molar-refractivity contribution < 1.29 is 4.79 Å². The molecule has 104 valence electrons. The highest BCUT2D eigenvalue weighted by atomic mass is 16.1. The lowest BCUT2D eigenvalue weighted by Crippen LogP contribution is -2.21. The van der Waals surface area contributed by atoms with Crippen LogP contribution in [0, 0.1) is 11.3 Å². The minimum atomic E-state index is 0.00314. The average Bonchev–Trinajstić information content (AvgIpc) is 2.51. The molecule has 4 nitrogen and oxygen atoms in total. The molecular weight excluding hydrogens is 262 g/mol. The number of nitrogens with zero attached hydrogens (tertiary/aromatic N) is 1. The summed E-state index contributed by atoms with van der Waals surface area (Å²) >= 11 is 0. The van der Waals surface area contributed by atoms with Gasteiger partial charge in [0.1, 0.15) is 0 Å². The molecule has 2 aromatic carbocycles. The predicted molar refractivity (Wildman–Crippen MR) is 81.8 cm³/mol. The lowest BCUT2D eigenvalue weighted by molar-refractivity contribution is -0.116. The highest BCUT2D eigenvalue weighted by molar-refractivity contribution is 5.95. The summed E-state index contributed by atoms with van der Waals surface area (Å²) in [5, 5.41) is 15.4. The van der Waals surface area contributed by atoms with Crippen LogP contribution in [0.2, 0.25) is 0 Å². The Bertz CT molecular complexity index is 704. The van der Waals surface area contributed by atoms with E-state index < -0.39 is 0 Å². The number of rotatable bonds is 1. The maximum absolute atomic E-state index is 11.9. The molecule has 0 radical (unpaired) electrons. The van der Waals surface area contributed by atoms with Gasteiger partial charge in [-0.2, -0.15) is 5.26 Å². The molecule has 4 heteroatoms. The Morgan fingerprint density at radius 2 is 1.90 bits per heavy atom. The Morgan fingerprint density at radius 1 is 1.10 bits per heavy atom. The minimum Gasteiger partial charge on any atom is -0.377 e. The van der Waals surface area contributed by atoms with Crippen LogP contribution < -0.4 is 10.6 Å². The van der Waals surface area contributed by atoms with Gasteiger partial charge in [0.25, 0.3) is 0 Å². The fourth-order valence-corrected chi connectivity index (χ4v) is 2.53. The second kappa shape index (κ2) is 5.68. The molecule has 2 N–H and O–H groups in total. The van der Waals surface area contributed by atoms with Crippen molar-refractivity contribution in [2.24, 2.45) is 0 Å². The fraction of sp³-hybridized carbons (Fsp3) is 0.176.